The topological polar surface area (TPSA) is 116 Å². The van der Waals surface area contributed by atoms with E-state index in [0.717, 1.165) is 0 Å². The molecule has 0 fully saturated rings. The van der Waals surface area contributed by atoms with Crippen molar-refractivity contribution in [3.05, 3.63) is 64.0 Å². The average molecular weight is 730 g/mol. The van der Waals surface area contributed by atoms with Crippen LogP contribution in [0.4, 0.5) is 0 Å². The molecule has 0 aliphatic heterocycles. The number of ether oxygens (including phenoxy) is 2. The van der Waals surface area contributed by atoms with Gasteiger partial charge in [-0.05, 0) is 46.8 Å². The summed E-state index contributed by atoms with van der Waals surface area (Å²) in [5, 5.41) is 10.5. The summed E-state index contributed by atoms with van der Waals surface area (Å²) in [5.41, 5.74) is 0.0876. The molecule has 34 heavy (non-hydrogen) atoms. The van der Waals surface area contributed by atoms with Gasteiger partial charge in [0, 0.05) is 0 Å². The first-order valence-corrected chi connectivity index (χ1v) is 11.9. The van der Waals surface area contributed by atoms with Crippen molar-refractivity contribution < 1.29 is 53.8 Å². The van der Waals surface area contributed by atoms with Crippen molar-refractivity contribution in [3.63, 3.8) is 0 Å². The van der Waals surface area contributed by atoms with Gasteiger partial charge in [-0.2, -0.15) is 11.8 Å². The first kappa shape index (κ1) is 30.3. The first-order valence-electron chi connectivity index (χ1n) is 10.1. The third kappa shape index (κ3) is 9.89. The minimum absolute atomic E-state index is 0. The van der Waals surface area contributed by atoms with Crippen molar-refractivity contribution in [1.82, 2.24) is 4.72 Å². The largest absolute Gasteiger partial charge is 2.00 e. The number of benzene rings is 2. The third-order valence-electron chi connectivity index (χ3n) is 3.83. The number of aliphatic imine (C=N–C) groups is 1. The molecule has 0 saturated heterocycles. The van der Waals surface area contributed by atoms with Crippen LogP contribution >= 0.6 is 11.6 Å². The number of nitrogens with zero attached hydrogens (tertiary/aromatic N) is 2. The van der Waals surface area contributed by atoms with Crippen LogP contribution in [-0.2, 0) is 19.6 Å². The second-order valence-corrected chi connectivity index (χ2v) is 10.5. The zero-order chi connectivity index (χ0) is 24.8. The molecule has 0 aliphatic rings. The Labute approximate surface area is 229 Å². The van der Waals surface area contributed by atoms with Crippen molar-refractivity contribution in [3.8, 4) is 5.75 Å². The molecule has 2 rings (SSSR count). The van der Waals surface area contributed by atoms with Gasteiger partial charge in [-0.3, -0.25) is 4.79 Å². The van der Waals surface area contributed by atoms with Crippen LogP contribution in [0.5, 0.6) is 5.75 Å². The predicted molar refractivity (Wildman–Crippen MR) is 129 cm³/mol. The van der Waals surface area contributed by atoms with Gasteiger partial charge in [0.1, 0.15) is 17.9 Å². The Bertz CT molecular complexity index is 1140. The summed E-state index contributed by atoms with van der Waals surface area (Å²) in [5.74, 6) is -0.505. The number of hydrogen-bond acceptors (Lipinski definition) is 5. The van der Waals surface area contributed by atoms with Crippen LogP contribution in [0.3, 0.4) is 0 Å². The maximum atomic E-state index is 12.4. The van der Waals surface area contributed by atoms with Crippen LogP contribution in [0.25, 0.3) is 5.41 Å². The number of carbonyl (C=O) groups is 1. The summed E-state index contributed by atoms with van der Waals surface area (Å²) >= 11 is 6.17. The Kier molecular flexibility index (Phi) is 11.5. The number of hydrogen-bond donors (Lipinski definition) is 1. The maximum absolute atomic E-state index is 12.4. The fourth-order valence-corrected chi connectivity index (χ4v) is 3.69. The first-order chi connectivity index (χ1) is 15.3. The van der Waals surface area contributed by atoms with E-state index in [1.54, 1.807) is 32.9 Å². The number of amidine groups is 1. The van der Waals surface area contributed by atoms with Crippen LogP contribution < -0.4 is 9.46 Å². The van der Waals surface area contributed by atoms with Crippen molar-refractivity contribution in [2.75, 3.05) is 6.54 Å². The van der Waals surface area contributed by atoms with Crippen molar-refractivity contribution in [2.24, 2.45) is 4.99 Å². The van der Waals surface area contributed by atoms with Gasteiger partial charge in [0.15, 0.2) is 0 Å². The summed E-state index contributed by atoms with van der Waals surface area (Å²) in [6.45, 7) is 8.34. The van der Waals surface area contributed by atoms with Gasteiger partial charge in [0.2, 0.25) is 10.0 Å². The molecule has 0 saturated carbocycles. The van der Waals surface area contributed by atoms with E-state index >= 15 is 0 Å². The zero-order valence-corrected chi connectivity index (χ0v) is 25.3. The van der Waals surface area contributed by atoms with E-state index in [1.165, 1.54) is 30.3 Å². The van der Waals surface area contributed by atoms with Gasteiger partial charge in [0.05, 0.1) is 16.0 Å². The van der Waals surface area contributed by atoms with E-state index in [-0.39, 0.29) is 47.9 Å². The Hall–Kier alpha value is -1.70. The van der Waals surface area contributed by atoms with E-state index in [1.807, 2.05) is 13.8 Å². The molecule has 11 heteroatoms. The van der Waals surface area contributed by atoms with Crippen molar-refractivity contribution >= 4 is 39.6 Å². The molecule has 0 radical (unpaired) electrons. The summed E-state index contributed by atoms with van der Waals surface area (Å²) < 4.78 is 37.6. The van der Waals surface area contributed by atoms with E-state index < -0.39 is 28.1 Å². The monoisotopic (exact) mass is 729 g/mol. The summed E-state index contributed by atoms with van der Waals surface area (Å²) in [4.78, 5) is 15.6. The molecule has 0 spiro atoms. The molecule has 0 heterocycles. The zero-order valence-electron chi connectivity index (χ0n) is 19.5. The van der Waals surface area contributed by atoms with Crippen LogP contribution in [0, 0.1) is 31.1 Å². The number of rotatable bonds is 8. The van der Waals surface area contributed by atoms with Gasteiger partial charge < -0.3 is 19.9 Å². The Morgan fingerprint density at radius 1 is 1.18 bits per heavy atom. The number of sulfonamides is 1. The molecule has 1 N–H and O–H groups in total. The van der Waals surface area contributed by atoms with Gasteiger partial charge in [-0.1, -0.05) is 35.4 Å². The average Bonchev–Trinajstić information content (AvgIpc) is 2.71. The Morgan fingerprint density at radius 3 is 2.32 bits per heavy atom. The molecular formula is C23H26ClN3O5SU. The molecule has 0 amide bonds. The Balaban J connectivity index is 0.00000578. The minimum Gasteiger partial charge on any atom is -0.536 e. The minimum atomic E-state index is -3.91. The normalized spacial score (nSPS) is 11.9. The summed E-state index contributed by atoms with van der Waals surface area (Å²) in [6, 6.07) is 10.4. The molecule has 0 atom stereocenters. The van der Waals surface area contributed by atoms with Gasteiger partial charge >= 0.3 is 37.1 Å². The fraction of sp³-hybridized carbons (Fsp3) is 0.348. The molecule has 180 valence electrons. The maximum Gasteiger partial charge on any atom is 2.00 e. The van der Waals surface area contributed by atoms with E-state index in [4.69, 9.17) is 21.1 Å². The Morgan fingerprint density at radius 2 is 1.79 bits per heavy atom. The SMILES string of the molecule is CC(C)Oc1ccc(C(=[N-])N=[C-]c2ccc(S(=O)(=O)NCC(=O)OC(C)(C)C)cc2)cc1Cl.[U+2]. The molecule has 8 nitrogen and oxygen atoms in total. The van der Waals surface area contributed by atoms with Crippen LogP contribution in [0.2, 0.25) is 5.02 Å². The van der Waals surface area contributed by atoms with Crippen LogP contribution in [0.15, 0.2) is 52.4 Å². The molecule has 0 aliphatic carbocycles. The predicted octanol–water partition coefficient (Wildman–Crippen LogP) is 4.06. The smallest absolute Gasteiger partial charge is 0.536 e. The second-order valence-electron chi connectivity index (χ2n) is 8.29. The van der Waals surface area contributed by atoms with Gasteiger partial charge in [-0.25, -0.2) is 13.1 Å². The third-order valence-corrected chi connectivity index (χ3v) is 5.55. The number of halogens is 1. The van der Waals surface area contributed by atoms with Gasteiger partial charge in [0.25, 0.3) is 0 Å². The van der Waals surface area contributed by atoms with Crippen molar-refractivity contribution in [1.29, 1.82) is 0 Å². The van der Waals surface area contributed by atoms with E-state index in [0.29, 0.717) is 21.9 Å². The molecule has 2 aromatic rings. The summed E-state index contributed by atoms with van der Waals surface area (Å²) in [6.07, 6.45) is 2.59. The number of nitrogens with one attached hydrogen (secondary N) is 1. The van der Waals surface area contributed by atoms with E-state index in [2.05, 4.69) is 15.9 Å². The van der Waals surface area contributed by atoms with E-state index in [9.17, 15) is 18.6 Å². The summed E-state index contributed by atoms with van der Waals surface area (Å²) in [7, 11) is -3.91. The van der Waals surface area contributed by atoms with Crippen molar-refractivity contribution in [2.45, 2.75) is 51.2 Å². The van der Waals surface area contributed by atoms with Crippen LogP contribution in [-0.4, -0.2) is 44.7 Å². The molecular weight excluding hydrogens is 704 g/mol. The second kappa shape index (κ2) is 12.8. The molecule has 0 unspecified atom stereocenters. The molecule has 2 aromatic carbocycles. The number of esters is 1. The number of carbonyl (C=O) groups excluding carboxylic acids is 1. The molecule has 0 aromatic heterocycles. The van der Waals surface area contributed by atoms with Gasteiger partial charge in [-0.15, -0.1) is 18.0 Å². The fourth-order valence-electron chi connectivity index (χ4n) is 2.49. The quantitative estimate of drug-likeness (QED) is 0.191. The molecule has 0 bridgehead atoms. The van der Waals surface area contributed by atoms with Crippen LogP contribution in [0.1, 0.15) is 45.7 Å². The standard InChI is InChI=1S/C23H26ClN3O5S.U/c1-15(2)31-20-11-8-17(12-19(20)24)22(25)26-13-16-6-9-18(10-7-16)33(29,30)27-14-21(28)32-23(3,4)5;/h6-12,15,27H,14H2,1-5H3;/q-2;+2.